The van der Waals surface area contributed by atoms with E-state index in [0.717, 1.165) is 44.7 Å². The van der Waals surface area contributed by atoms with E-state index >= 15 is 0 Å². The van der Waals surface area contributed by atoms with Crippen molar-refractivity contribution < 1.29 is 26.9 Å². The SMILES string of the molecule is Cc1ccc(-c2ccc([C@@H](COc3ccc(-c4cc5ccccc5o4)cn3)Nc3ccc(C(=O)CCCS(=O)(=O)O)cc3)cc2)cc1. The lowest BCUT2D eigenvalue weighted by atomic mass is 10.00. The van der Waals surface area contributed by atoms with Crippen LogP contribution in [0.15, 0.2) is 126 Å². The van der Waals surface area contributed by atoms with Gasteiger partial charge in [0.2, 0.25) is 5.88 Å². The van der Waals surface area contributed by atoms with Crippen LogP contribution < -0.4 is 10.1 Å². The van der Waals surface area contributed by atoms with Gasteiger partial charge in [-0.05, 0) is 72.5 Å². The van der Waals surface area contributed by atoms with Crippen molar-refractivity contribution in [3.05, 3.63) is 138 Å². The van der Waals surface area contributed by atoms with E-state index in [-0.39, 0.29) is 31.3 Å². The Morgan fingerprint density at radius 3 is 2.21 bits per heavy atom. The molecular formula is C38H34N2O6S. The quantitative estimate of drug-likeness (QED) is 0.0947. The van der Waals surface area contributed by atoms with Crippen molar-refractivity contribution in [1.82, 2.24) is 4.98 Å². The van der Waals surface area contributed by atoms with Crippen LogP contribution in [0.3, 0.4) is 0 Å². The fraction of sp³-hybridized carbons (Fsp3) is 0.158. The molecule has 0 spiro atoms. The van der Waals surface area contributed by atoms with Gasteiger partial charge >= 0.3 is 0 Å². The fourth-order valence-electron chi connectivity index (χ4n) is 5.29. The van der Waals surface area contributed by atoms with Gasteiger partial charge in [-0.2, -0.15) is 8.42 Å². The number of pyridine rings is 1. The number of furan rings is 1. The Morgan fingerprint density at radius 2 is 1.55 bits per heavy atom. The number of aryl methyl sites for hydroxylation is 1. The van der Waals surface area contributed by atoms with E-state index in [4.69, 9.17) is 13.7 Å². The number of anilines is 1. The molecule has 6 aromatic rings. The average Bonchev–Trinajstić information content (AvgIpc) is 3.52. The number of nitrogens with zero attached hydrogens (tertiary/aromatic N) is 1. The van der Waals surface area contributed by atoms with Crippen LogP contribution in [0.25, 0.3) is 33.4 Å². The molecule has 4 aromatic carbocycles. The highest BCUT2D eigenvalue weighted by atomic mass is 32.2. The number of nitrogens with one attached hydrogen (secondary N) is 1. The number of aromatic nitrogens is 1. The number of hydrogen-bond donors (Lipinski definition) is 2. The van der Waals surface area contributed by atoms with E-state index in [9.17, 15) is 13.2 Å². The summed E-state index contributed by atoms with van der Waals surface area (Å²) in [6.45, 7) is 2.34. The molecule has 0 aliphatic rings. The Bertz CT molecular complexity index is 2040. The Balaban J connectivity index is 1.17. The molecule has 8 nitrogen and oxygen atoms in total. The summed E-state index contributed by atoms with van der Waals surface area (Å²) in [6.07, 6.45) is 1.82. The Morgan fingerprint density at radius 1 is 0.872 bits per heavy atom. The van der Waals surface area contributed by atoms with Crippen LogP contribution in [0.1, 0.15) is 40.4 Å². The first-order valence-corrected chi connectivity index (χ1v) is 16.9. The normalized spacial score (nSPS) is 12.1. The minimum atomic E-state index is -4.10. The monoisotopic (exact) mass is 646 g/mol. The number of carbonyl (C=O) groups is 1. The molecule has 0 saturated heterocycles. The highest BCUT2D eigenvalue weighted by Crippen LogP contribution is 2.29. The van der Waals surface area contributed by atoms with Crippen LogP contribution in [0.5, 0.6) is 5.88 Å². The van der Waals surface area contributed by atoms with Crippen molar-refractivity contribution in [2.45, 2.75) is 25.8 Å². The number of fused-ring (bicyclic) bond motifs is 1. The third-order valence-electron chi connectivity index (χ3n) is 7.90. The van der Waals surface area contributed by atoms with E-state index in [1.54, 1.807) is 18.3 Å². The van der Waals surface area contributed by atoms with Crippen LogP contribution in [0.4, 0.5) is 5.69 Å². The van der Waals surface area contributed by atoms with Crippen LogP contribution in [-0.4, -0.2) is 36.1 Å². The second kappa shape index (κ2) is 14.0. The van der Waals surface area contributed by atoms with Gasteiger partial charge in [0.15, 0.2) is 5.78 Å². The number of hydrogen-bond acceptors (Lipinski definition) is 7. The van der Waals surface area contributed by atoms with Gasteiger partial charge in [-0.15, -0.1) is 0 Å². The van der Waals surface area contributed by atoms with Crippen molar-refractivity contribution in [3.8, 4) is 28.3 Å². The number of para-hydroxylation sites is 1. The number of ketones is 1. The van der Waals surface area contributed by atoms with Gasteiger partial charge in [0.1, 0.15) is 18.0 Å². The lowest BCUT2D eigenvalue weighted by molar-refractivity contribution is 0.0982. The highest BCUT2D eigenvalue weighted by molar-refractivity contribution is 7.85. The molecule has 6 rings (SSSR count). The average molecular weight is 647 g/mol. The van der Waals surface area contributed by atoms with Gasteiger partial charge in [0.05, 0.1) is 11.8 Å². The van der Waals surface area contributed by atoms with Gasteiger partial charge in [0, 0.05) is 40.9 Å². The zero-order valence-corrected chi connectivity index (χ0v) is 26.6. The first-order valence-electron chi connectivity index (χ1n) is 15.3. The molecule has 2 heterocycles. The molecular weight excluding hydrogens is 612 g/mol. The summed E-state index contributed by atoms with van der Waals surface area (Å²) in [5.41, 5.74) is 7.37. The zero-order chi connectivity index (χ0) is 32.8. The second-order valence-corrected chi connectivity index (χ2v) is 13.0. The summed E-state index contributed by atoms with van der Waals surface area (Å²) in [5.74, 6) is 0.571. The minimum Gasteiger partial charge on any atom is -0.475 e. The summed E-state index contributed by atoms with van der Waals surface area (Å²) in [7, 11) is -4.10. The topological polar surface area (TPSA) is 119 Å². The maximum absolute atomic E-state index is 12.5. The number of rotatable bonds is 13. The number of Topliss-reactive ketones (excluding diaryl/α,β-unsaturated/α-hetero) is 1. The standard InChI is InChI=1S/C38H34N2O6S/c1-26-8-10-27(11-9-26)28-12-14-29(15-13-28)34(40-33-19-16-30(17-20-33)35(41)6-4-22-47(42,43)44)25-45-38-21-18-32(24-39-38)37-23-31-5-2-3-7-36(31)46-37/h2-3,5,7-21,23-24,34,40H,4,6,22,25H2,1H3,(H,42,43,44)/t34-/m1/s1. The zero-order valence-electron chi connectivity index (χ0n) is 25.8. The fourth-order valence-corrected chi connectivity index (χ4v) is 5.80. The highest BCUT2D eigenvalue weighted by Gasteiger charge is 2.16. The lowest BCUT2D eigenvalue weighted by Gasteiger charge is -2.21. The summed E-state index contributed by atoms with van der Waals surface area (Å²) < 4.78 is 43.1. The van der Waals surface area contributed by atoms with E-state index < -0.39 is 15.9 Å². The Labute approximate surface area is 273 Å². The molecule has 0 bridgehead atoms. The molecule has 0 aliphatic heterocycles. The lowest BCUT2D eigenvalue weighted by Crippen LogP contribution is -2.19. The molecule has 238 valence electrons. The maximum atomic E-state index is 12.5. The molecule has 0 fully saturated rings. The van der Waals surface area contributed by atoms with E-state index in [1.807, 2.05) is 54.6 Å². The van der Waals surface area contributed by atoms with E-state index in [1.165, 1.54) is 5.56 Å². The van der Waals surface area contributed by atoms with Crippen molar-refractivity contribution >= 4 is 32.6 Å². The van der Waals surface area contributed by atoms with Gasteiger partial charge in [-0.3, -0.25) is 9.35 Å². The van der Waals surface area contributed by atoms with Gasteiger partial charge in [-0.1, -0.05) is 72.3 Å². The predicted molar refractivity (Wildman–Crippen MR) is 184 cm³/mol. The van der Waals surface area contributed by atoms with E-state index in [0.29, 0.717) is 11.4 Å². The van der Waals surface area contributed by atoms with Crippen LogP contribution in [0, 0.1) is 6.92 Å². The molecule has 1 atom stereocenters. The van der Waals surface area contributed by atoms with Crippen molar-refractivity contribution in [2.24, 2.45) is 0 Å². The molecule has 2 N–H and O–H groups in total. The molecule has 0 radical (unpaired) electrons. The largest absolute Gasteiger partial charge is 0.475 e. The van der Waals surface area contributed by atoms with Crippen LogP contribution in [0.2, 0.25) is 0 Å². The van der Waals surface area contributed by atoms with Crippen molar-refractivity contribution in [2.75, 3.05) is 17.7 Å². The molecule has 47 heavy (non-hydrogen) atoms. The van der Waals surface area contributed by atoms with Crippen LogP contribution >= 0.6 is 0 Å². The van der Waals surface area contributed by atoms with Crippen molar-refractivity contribution in [1.29, 1.82) is 0 Å². The van der Waals surface area contributed by atoms with Gasteiger partial charge in [-0.25, -0.2) is 4.98 Å². The maximum Gasteiger partial charge on any atom is 0.264 e. The number of ether oxygens (including phenoxy) is 1. The third kappa shape index (κ3) is 8.32. The predicted octanol–water partition coefficient (Wildman–Crippen LogP) is 8.55. The summed E-state index contributed by atoms with van der Waals surface area (Å²) >= 11 is 0. The molecule has 0 amide bonds. The second-order valence-electron chi connectivity index (χ2n) is 11.4. The summed E-state index contributed by atoms with van der Waals surface area (Å²) in [4.78, 5) is 17.1. The minimum absolute atomic E-state index is 0.0263. The molecule has 0 aliphatic carbocycles. The first-order chi connectivity index (χ1) is 22.7. The van der Waals surface area contributed by atoms with Crippen LogP contribution in [-0.2, 0) is 10.1 Å². The van der Waals surface area contributed by atoms with Gasteiger partial charge < -0.3 is 14.5 Å². The molecule has 0 unspecified atom stereocenters. The van der Waals surface area contributed by atoms with Gasteiger partial charge in [0.25, 0.3) is 10.1 Å². The molecule has 2 aromatic heterocycles. The Kier molecular flexibility index (Phi) is 9.47. The van der Waals surface area contributed by atoms with Crippen molar-refractivity contribution in [3.63, 3.8) is 0 Å². The third-order valence-corrected chi connectivity index (χ3v) is 8.70. The summed E-state index contributed by atoms with van der Waals surface area (Å²) in [5, 5.41) is 4.55. The Hall–Kier alpha value is -5.25. The first kappa shape index (κ1) is 31.7. The van der Waals surface area contributed by atoms with E-state index in [2.05, 4.69) is 65.8 Å². The molecule has 9 heteroatoms. The number of carbonyl (C=O) groups excluding carboxylic acids is 1. The molecule has 0 saturated carbocycles. The summed E-state index contributed by atoms with van der Waals surface area (Å²) in [6, 6.07) is 37.1. The number of benzene rings is 4. The smallest absolute Gasteiger partial charge is 0.264 e.